The summed E-state index contributed by atoms with van der Waals surface area (Å²) in [6.07, 6.45) is 4.72. The van der Waals surface area contributed by atoms with Gasteiger partial charge in [0.15, 0.2) is 0 Å². The Labute approximate surface area is 235 Å². The number of aryl methyl sites for hydroxylation is 1. The number of carbonyl (C=O) groups excluding carboxylic acids is 2. The van der Waals surface area contributed by atoms with Crippen LogP contribution in [0.1, 0.15) is 70.6 Å². The third-order valence-electron chi connectivity index (χ3n) is 7.70. The summed E-state index contributed by atoms with van der Waals surface area (Å²) in [7, 11) is 0. The highest BCUT2D eigenvalue weighted by atomic mass is 32.1. The Bertz CT molecular complexity index is 1270. The average molecular weight is 547 g/mol. The van der Waals surface area contributed by atoms with E-state index in [0.29, 0.717) is 31.9 Å². The fraction of sp³-hybridized carbons (Fsp3) is 0.438. The molecule has 0 radical (unpaired) electrons. The molecule has 3 aromatic rings. The maximum atomic E-state index is 14.0. The minimum atomic E-state index is -0.153. The van der Waals surface area contributed by atoms with E-state index in [9.17, 15) is 9.59 Å². The van der Waals surface area contributed by atoms with Gasteiger partial charge in [-0.2, -0.15) is 0 Å². The van der Waals surface area contributed by atoms with Crippen LogP contribution in [0.2, 0.25) is 0 Å². The van der Waals surface area contributed by atoms with Gasteiger partial charge in [-0.25, -0.2) is 0 Å². The largest absolute Gasteiger partial charge is 0.494 e. The number of thiophene rings is 1. The number of fused-ring (bicyclic) bond motifs is 1. The summed E-state index contributed by atoms with van der Waals surface area (Å²) < 4.78 is 11.6. The SMILES string of the molecule is CCCCOc1ccc(C(=O)N(CC(=O)N2CCc3sccc3C2c2ccccc2C)CC2CCCO2)cc1. The number of hydrogen-bond donors (Lipinski definition) is 0. The Morgan fingerprint density at radius 3 is 2.67 bits per heavy atom. The standard InChI is InChI=1S/C32H38N2O4S/c1-3-4-18-37-25-13-11-24(12-14-25)32(36)33(21-26-9-7-19-38-26)22-30(35)34-17-15-29-28(16-20-39-29)31(34)27-10-6-5-8-23(27)2/h5-6,8,10-14,16,20,26,31H,3-4,7,9,15,17-19,21-22H2,1-2H3. The first-order chi connectivity index (χ1) is 19.0. The fourth-order valence-electron chi connectivity index (χ4n) is 5.53. The molecular formula is C32H38N2O4S. The van der Waals surface area contributed by atoms with Crippen molar-refractivity contribution in [3.05, 3.63) is 87.1 Å². The predicted molar refractivity (Wildman–Crippen MR) is 154 cm³/mol. The summed E-state index contributed by atoms with van der Waals surface area (Å²) in [5.74, 6) is 0.563. The first-order valence-corrected chi connectivity index (χ1v) is 15.0. The first kappa shape index (κ1) is 27.4. The number of unbranched alkanes of at least 4 members (excludes halogenated alkanes) is 1. The lowest BCUT2D eigenvalue weighted by Gasteiger charge is -2.38. The number of hydrogen-bond acceptors (Lipinski definition) is 5. The quantitative estimate of drug-likeness (QED) is 0.291. The number of amides is 2. The molecule has 2 atom stereocenters. The van der Waals surface area contributed by atoms with Crippen LogP contribution in [-0.2, 0) is 16.0 Å². The second kappa shape index (κ2) is 12.8. The van der Waals surface area contributed by atoms with Crippen LogP contribution < -0.4 is 4.74 Å². The molecule has 2 aliphatic heterocycles. The smallest absolute Gasteiger partial charge is 0.254 e. The monoisotopic (exact) mass is 546 g/mol. The fourth-order valence-corrected chi connectivity index (χ4v) is 6.44. The molecule has 7 heteroatoms. The van der Waals surface area contributed by atoms with Gasteiger partial charge in [-0.1, -0.05) is 37.6 Å². The Hall–Kier alpha value is -3.16. The van der Waals surface area contributed by atoms with E-state index in [1.807, 2.05) is 29.2 Å². The topological polar surface area (TPSA) is 59.1 Å². The summed E-state index contributed by atoms with van der Waals surface area (Å²) in [5, 5.41) is 2.12. The molecule has 0 N–H and O–H groups in total. The Kier molecular flexibility index (Phi) is 8.99. The molecule has 2 amide bonds. The van der Waals surface area contributed by atoms with E-state index in [4.69, 9.17) is 9.47 Å². The average Bonchev–Trinajstić information content (AvgIpc) is 3.65. The van der Waals surface area contributed by atoms with Crippen molar-refractivity contribution in [2.75, 3.05) is 32.8 Å². The molecule has 39 heavy (non-hydrogen) atoms. The minimum Gasteiger partial charge on any atom is -0.494 e. The lowest BCUT2D eigenvalue weighted by molar-refractivity contribution is -0.134. The van der Waals surface area contributed by atoms with Crippen LogP contribution >= 0.6 is 11.3 Å². The predicted octanol–water partition coefficient (Wildman–Crippen LogP) is 6.03. The summed E-state index contributed by atoms with van der Waals surface area (Å²) in [4.78, 5) is 32.8. The van der Waals surface area contributed by atoms with E-state index in [0.717, 1.165) is 49.0 Å². The van der Waals surface area contributed by atoms with Crippen molar-refractivity contribution in [2.45, 2.75) is 58.1 Å². The molecule has 0 bridgehead atoms. The zero-order valence-corrected chi connectivity index (χ0v) is 23.8. The van der Waals surface area contributed by atoms with E-state index >= 15 is 0 Å². The van der Waals surface area contributed by atoms with Gasteiger partial charge in [0.2, 0.25) is 5.91 Å². The number of ether oxygens (including phenoxy) is 2. The van der Waals surface area contributed by atoms with Gasteiger partial charge in [0.05, 0.1) is 18.8 Å². The van der Waals surface area contributed by atoms with Gasteiger partial charge in [0, 0.05) is 30.1 Å². The highest BCUT2D eigenvalue weighted by Crippen LogP contribution is 2.39. The maximum absolute atomic E-state index is 14.0. The highest BCUT2D eigenvalue weighted by molar-refractivity contribution is 7.10. The van der Waals surface area contributed by atoms with Gasteiger partial charge in [-0.3, -0.25) is 9.59 Å². The van der Waals surface area contributed by atoms with Crippen LogP contribution in [0.4, 0.5) is 0 Å². The van der Waals surface area contributed by atoms with Gasteiger partial charge in [-0.15, -0.1) is 11.3 Å². The third kappa shape index (κ3) is 6.36. The van der Waals surface area contributed by atoms with E-state index < -0.39 is 0 Å². The third-order valence-corrected chi connectivity index (χ3v) is 8.70. The molecule has 1 fully saturated rings. The highest BCUT2D eigenvalue weighted by Gasteiger charge is 2.35. The van der Waals surface area contributed by atoms with Crippen LogP contribution in [0.25, 0.3) is 0 Å². The molecule has 206 valence electrons. The lowest BCUT2D eigenvalue weighted by atomic mass is 9.90. The van der Waals surface area contributed by atoms with Gasteiger partial charge < -0.3 is 19.3 Å². The molecule has 0 spiro atoms. The van der Waals surface area contributed by atoms with Crippen molar-refractivity contribution in [2.24, 2.45) is 0 Å². The molecule has 1 aromatic heterocycles. The zero-order chi connectivity index (χ0) is 27.2. The number of rotatable bonds is 10. The van der Waals surface area contributed by atoms with E-state index in [1.54, 1.807) is 28.4 Å². The maximum Gasteiger partial charge on any atom is 0.254 e. The Morgan fingerprint density at radius 2 is 1.92 bits per heavy atom. The van der Waals surface area contributed by atoms with Crippen LogP contribution in [0, 0.1) is 6.92 Å². The van der Waals surface area contributed by atoms with Crippen molar-refractivity contribution < 1.29 is 19.1 Å². The second-order valence-corrected chi connectivity index (χ2v) is 11.4. The minimum absolute atomic E-state index is 0.0231. The molecule has 2 aromatic carbocycles. The van der Waals surface area contributed by atoms with Crippen LogP contribution in [0.5, 0.6) is 5.75 Å². The van der Waals surface area contributed by atoms with Crippen LogP contribution in [0.15, 0.2) is 60.0 Å². The van der Waals surface area contributed by atoms with E-state index in [-0.39, 0.29) is 30.5 Å². The molecule has 0 aliphatic carbocycles. The van der Waals surface area contributed by atoms with Gasteiger partial charge in [0.25, 0.3) is 5.91 Å². The summed E-state index contributed by atoms with van der Waals surface area (Å²) in [6, 6.07) is 17.6. The molecule has 3 heterocycles. The normalized spacial score (nSPS) is 18.6. The van der Waals surface area contributed by atoms with Crippen molar-refractivity contribution in [1.82, 2.24) is 9.80 Å². The molecule has 6 nitrogen and oxygen atoms in total. The Balaban J connectivity index is 1.37. The van der Waals surface area contributed by atoms with E-state index in [1.165, 1.54) is 10.4 Å². The van der Waals surface area contributed by atoms with Crippen molar-refractivity contribution in [3.63, 3.8) is 0 Å². The molecular weight excluding hydrogens is 508 g/mol. The number of nitrogens with zero attached hydrogens (tertiary/aromatic N) is 2. The first-order valence-electron chi connectivity index (χ1n) is 14.1. The molecule has 2 aliphatic rings. The van der Waals surface area contributed by atoms with Crippen molar-refractivity contribution in [3.8, 4) is 5.75 Å². The molecule has 2 unspecified atom stereocenters. The number of carbonyl (C=O) groups is 2. The van der Waals surface area contributed by atoms with Crippen LogP contribution in [-0.4, -0.2) is 60.6 Å². The molecule has 0 saturated carbocycles. The van der Waals surface area contributed by atoms with E-state index in [2.05, 4.69) is 37.4 Å². The van der Waals surface area contributed by atoms with Crippen molar-refractivity contribution >= 4 is 23.2 Å². The summed E-state index contributed by atoms with van der Waals surface area (Å²) in [5.41, 5.74) is 4.05. The molecule has 5 rings (SSSR count). The Morgan fingerprint density at radius 1 is 1.10 bits per heavy atom. The summed E-state index contributed by atoms with van der Waals surface area (Å²) >= 11 is 1.76. The zero-order valence-electron chi connectivity index (χ0n) is 22.9. The lowest BCUT2D eigenvalue weighted by Crippen LogP contribution is -2.48. The molecule has 1 saturated heterocycles. The second-order valence-electron chi connectivity index (χ2n) is 10.4. The van der Waals surface area contributed by atoms with Gasteiger partial charge >= 0.3 is 0 Å². The van der Waals surface area contributed by atoms with Gasteiger partial charge in [0.1, 0.15) is 12.3 Å². The van der Waals surface area contributed by atoms with Crippen molar-refractivity contribution in [1.29, 1.82) is 0 Å². The summed E-state index contributed by atoms with van der Waals surface area (Å²) in [6.45, 7) is 6.65. The van der Waals surface area contributed by atoms with Gasteiger partial charge in [-0.05, 0) is 85.0 Å². The number of benzene rings is 2. The van der Waals surface area contributed by atoms with Crippen LogP contribution in [0.3, 0.4) is 0 Å².